The monoisotopic (exact) mass is 438 g/mol. The van der Waals surface area contributed by atoms with E-state index in [0.717, 1.165) is 39.2 Å². The van der Waals surface area contributed by atoms with Gasteiger partial charge in [-0.2, -0.15) is 4.31 Å². The molecule has 1 amide bonds. The van der Waals surface area contributed by atoms with Crippen LogP contribution in [-0.4, -0.2) is 50.8 Å². The van der Waals surface area contributed by atoms with Crippen molar-refractivity contribution in [1.29, 1.82) is 0 Å². The van der Waals surface area contributed by atoms with Crippen molar-refractivity contribution in [3.05, 3.63) is 72.3 Å². The van der Waals surface area contributed by atoms with Crippen molar-refractivity contribution in [2.24, 2.45) is 0 Å². The zero-order valence-electron chi connectivity index (χ0n) is 17.7. The van der Waals surface area contributed by atoms with E-state index in [-0.39, 0.29) is 23.4 Å². The molecular weight excluding hydrogens is 412 g/mol. The number of amides is 1. The number of fused-ring (bicyclic) bond motifs is 1. The normalized spacial score (nSPS) is 16.7. The molecule has 1 atom stereocenters. The molecule has 6 nitrogen and oxygen atoms in total. The third-order valence-electron chi connectivity index (χ3n) is 5.84. The van der Waals surface area contributed by atoms with E-state index in [2.05, 4.69) is 0 Å². The molecule has 1 saturated heterocycles. The van der Waals surface area contributed by atoms with Gasteiger partial charge in [-0.25, -0.2) is 8.42 Å². The molecule has 0 aliphatic carbocycles. The SMILES string of the molecule is COc1cccc(C2CCCN2C(=O)CN(C)S(=O)(=O)c2ccc3ccccc3c2)c1. The van der Waals surface area contributed by atoms with Crippen molar-refractivity contribution >= 4 is 26.7 Å². The van der Waals surface area contributed by atoms with Gasteiger partial charge in [0.15, 0.2) is 0 Å². The topological polar surface area (TPSA) is 66.9 Å². The molecule has 4 rings (SSSR count). The highest BCUT2D eigenvalue weighted by molar-refractivity contribution is 7.89. The molecule has 162 valence electrons. The predicted molar refractivity (Wildman–Crippen MR) is 120 cm³/mol. The summed E-state index contributed by atoms with van der Waals surface area (Å²) in [5.41, 5.74) is 1.00. The Morgan fingerprint density at radius 3 is 2.61 bits per heavy atom. The van der Waals surface area contributed by atoms with Crippen molar-refractivity contribution in [2.45, 2.75) is 23.8 Å². The Hall–Kier alpha value is -2.90. The first-order valence-corrected chi connectivity index (χ1v) is 11.7. The van der Waals surface area contributed by atoms with Crippen molar-refractivity contribution in [3.8, 4) is 5.75 Å². The zero-order chi connectivity index (χ0) is 22.0. The molecule has 1 fully saturated rings. The quantitative estimate of drug-likeness (QED) is 0.587. The van der Waals surface area contributed by atoms with Crippen molar-refractivity contribution in [3.63, 3.8) is 0 Å². The third kappa shape index (κ3) is 4.29. The van der Waals surface area contributed by atoms with Crippen molar-refractivity contribution < 1.29 is 17.9 Å². The fourth-order valence-electron chi connectivity index (χ4n) is 4.13. The summed E-state index contributed by atoms with van der Waals surface area (Å²) < 4.78 is 32.6. The molecule has 3 aromatic carbocycles. The first-order valence-electron chi connectivity index (χ1n) is 10.3. The van der Waals surface area contributed by atoms with Crippen LogP contribution in [-0.2, 0) is 14.8 Å². The highest BCUT2D eigenvalue weighted by Crippen LogP contribution is 2.33. The van der Waals surface area contributed by atoms with Crippen LogP contribution in [0.5, 0.6) is 5.75 Å². The van der Waals surface area contributed by atoms with Crippen molar-refractivity contribution in [2.75, 3.05) is 27.2 Å². The second-order valence-corrected chi connectivity index (χ2v) is 9.84. The molecule has 0 aromatic heterocycles. The molecule has 3 aromatic rings. The number of hydrogen-bond acceptors (Lipinski definition) is 4. The highest BCUT2D eigenvalue weighted by atomic mass is 32.2. The Bertz CT molecular complexity index is 1210. The lowest BCUT2D eigenvalue weighted by Crippen LogP contribution is -2.40. The molecular formula is C24H26N2O4S. The van der Waals surface area contributed by atoms with Gasteiger partial charge >= 0.3 is 0 Å². The van der Waals surface area contributed by atoms with Gasteiger partial charge in [0, 0.05) is 13.6 Å². The number of nitrogens with zero attached hydrogens (tertiary/aromatic N) is 2. The van der Waals surface area contributed by atoms with E-state index in [1.54, 1.807) is 30.2 Å². The first-order chi connectivity index (χ1) is 14.9. The molecule has 0 spiro atoms. The van der Waals surface area contributed by atoms with Gasteiger partial charge in [0.05, 0.1) is 24.6 Å². The van der Waals surface area contributed by atoms with E-state index >= 15 is 0 Å². The maximum atomic E-state index is 13.1. The van der Waals surface area contributed by atoms with Crippen LogP contribution in [0.1, 0.15) is 24.4 Å². The summed E-state index contributed by atoms with van der Waals surface area (Å²) in [5.74, 6) is 0.546. The lowest BCUT2D eigenvalue weighted by molar-refractivity contribution is -0.132. The largest absolute Gasteiger partial charge is 0.497 e. The van der Waals surface area contributed by atoms with Gasteiger partial charge in [-0.3, -0.25) is 4.79 Å². The van der Waals surface area contributed by atoms with E-state index < -0.39 is 10.0 Å². The number of hydrogen-bond donors (Lipinski definition) is 0. The smallest absolute Gasteiger partial charge is 0.243 e. The average molecular weight is 439 g/mol. The number of sulfonamides is 1. The van der Waals surface area contributed by atoms with E-state index in [0.29, 0.717) is 6.54 Å². The standard InChI is InChI=1S/C24H26N2O4S/c1-25(31(28,29)22-13-12-18-7-3-4-8-19(18)16-22)17-24(27)26-14-6-11-23(26)20-9-5-10-21(15-20)30-2/h3-5,7-10,12-13,15-16,23H,6,11,14,17H2,1-2H3. The number of carbonyl (C=O) groups excluding carboxylic acids is 1. The summed E-state index contributed by atoms with van der Waals surface area (Å²) in [5, 5.41) is 1.82. The Kier molecular flexibility index (Phi) is 5.98. The summed E-state index contributed by atoms with van der Waals surface area (Å²) in [6.45, 7) is 0.417. The number of likely N-dealkylation sites (N-methyl/N-ethyl adjacent to an activating group) is 1. The fourth-order valence-corrected chi connectivity index (χ4v) is 5.29. The van der Waals surface area contributed by atoms with Crippen LogP contribution < -0.4 is 4.74 Å². The number of likely N-dealkylation sites (tertiary alicyclic amines) is 1. The van der Waals surface area contributed by atoms with E-state index in [4.69, 9.17) is 4.74 Å². The van der Waals surface area contributed by atoms with Gasteiger partial charge in [0.2, 0.25) is 15.9 Å². The molecule has 0 N–H and O–H groups in total. The summed E-state index contributed by atoms with van der Waals surface area (Å²) in [6.07, 6.45) is 1.73. The maximum absolute atomic E-state index is 13.1. The third-order valence-corrected chi connectivity index (χ3v) is 7.64. The second kappa shape index (κ2) is 8.69. The fraction of sp³-hybridized carbons (Fsp3) is 0.292. The molecule has 1 aliphatic heterocycles. The van der Waals surface area contributed by atoms with Crippen LogP contribution in [0.15, 0.2) is 71.6 Å². The van der Waals surface area contributed by atoms with Gasteiger partial charge in [0.25, 0.3) is 0 Å². The molecule has 1 aliphatic rings. The molecule has 7 heteroatoms. The predicted octanol–water partition coefficient (Wildman–Crippen LogP) is 3.83. The molecule has 0 bridgehead atoms. The lowest BCUT2D eigenvalue weighted by atomic mass is 10.0. The molecule has 1 unspecified atom stereocenters. The average Bonchev–Trinajstić information content (AvgIpc) is 3.29. The van der Waals surface area contributed by atoms with Crippen LogP contribution in [0, 0.1) is 0 Å². The van der Waals surface area contributed by atoms with E-state index in [1.807, 2.05) is 48.5 Å². The van der Waals surface area contributed by atoms with Gasteiger partial charge in [-0.05, 0) is 53.4 Å². The minimum absolute atomic E-state index is 0.0700. The Morgan fingerprint density at radius 1 is 1.06 bits per heavy atom. The number of methoxy groups -OCH3 is 1. The zero-order valence-corrected chi connectivity index (χ0v) is 18.5. The maximum Gasteiger partial charge on any atom is 0.243 e. The summed E-state index contributed by atoms with van der Waals surface area (Å²) in [6, 6.07) is 20.3. The summed E-state index contributed by atoms with van der Waals surface area (Å²) >= 11 is 0. The number of ether oxygens (including phenoxy) is 1. The molecule has 31 heavy (non-hydrogen) atoms. The number of rotatable bonds is 6. The van der Waals surface area contributed by atoms with Crippen LogP contribution in [0.2, 0.25) is 0 Å². The molecule has 0 radical (unpaired) electrons. The van der Waals surface area contributed by atoms with Crippen LogP contribution in [0.3, 0.4) is 0 Å². The first kappa shape index (κ1) is 21.3. The van der Waals surface area contributed by atoms with Crippen LogP contribution in [0.4, 0.5) is 0 Å². The van der Waals surface area contributed by atoms with Crippen LogP contribution in [0.25, 0.3) is 10.8 Å². The Labute approximate surface area is 183 Å². The minimum atomic E-state index is -3.78. The Morgan fingerprint density at radius 2 is 1.84 bits per heavy atom. The lowest BCUT2D eigenvalue weighted by Gasteiger charge is -2.27. The van der Waals surface area contributed by atoms with E-state index in [9.17, 15) is 13.2 Å². The van der Waals surface area contributed by atoms with Gasteiger partial charge in [-0.15, -0.1) is 0 Å². The van der Waals surface area contributed by atoms with Crippen LogP contribution >= 0.6 is 0 Å². The number of carbonyl (C=O) groups is 1. The van der Waals surface area contributed by atoms with Gasteiger partial charge < -0.3 is 9.64 Å². The van der Waals surface area contributed by atoms with Gasteiger partial charge in [0.1, 0.15) is 5.75 Å². The van der Waals surface area contributed by atoms with Gasteiger partial charge in [-0.1, -0.05) is 42.5 Å². The Balaban J connectivity index is 1.52. The van der Waals surface area contributed by atoms with E-state index in [1.165, 1.54) is 7.05 Å². The summed E-state index contributed by atoms with van der Waals surface area (Å²) in [7, 11) is -0.710. The second-order valence-electron chi connectivity index (χ2n) is 7.79. The minimum Gasteiger partial charge on any atom is -0.497 e. The molecule has 1 heterocycles. The number of benzene rings is 3. The van der Waals surface area contributed by atoms with Crippen molar-refractivity contribution in [1.82, 2.24) is 9.21 Å². The highest BCUT2D eigenvalue weighted by Gasteiger charge is 2.32. The summed E-state index contributed by atoms with van der Waals surface area (Å²) in [4.78, 5) is 15.0. The molecule has 0 saturated carbocycles.